The Morgan fingerprint density at radius 1 is 1.36 bits per heavy atom. The summed E-state index contributed by atoms with van der Waals surface area (Å²) in [5, 5.41) is 11.5. The van der Waals surface area contributed by atoms with Crippen LogP contribution in [0.4, 0.5) is 0 Å². The molecule has 0 aromatic carbocycles. The minimum Gasteiger partial charge on any atom is -0.368 e. The second-order valence-corrected chi connectivity index (χ2v) is 6.61. The quantitative estimate of drug-likeness (QED) is 0.898. The van der Waals surface area contributed by atoms with Crippen LogP contribution in [-0.2, 0) is 16.7 Å². The molecule has 0 amide bonds. The van der Waals surface area contributed by atoms with Crippen LogP contribution < -0.4 is 0 Å². The molecular formula is C14H23N7O. The van der Waals surface area contributed by atoms with Gasteiger partial charge >= 0.3 is 0 Å². The Morgan fingerprint density at radius 3 is 2.91 bits per heavy atom. The number of aromatic nitrogens is 6. The predicted molar refractivity (Wildman–Crippen MR) is 80.2 cm³/mol. The van der Waals surface area contributed by atoms with Crippen molar-refractivity contribution in [3.63, 3.8) is 0 Å². The molecule has 3 heterocycles. The van der Waals surface area contributed by atoms with E-state index in [9.17, 15) is 0 Å². The SMILES string of the molecule is CC(C)(C)c1n[nH]c([C@H]2CN(CCn3cncn3)CCO2)n1. The highest BCUT2D eigenvalue weighted by Gasteiger charge is 2.27. The summed E-state index contributed by atoms with van der Waals surface area (Å²) in [6.45, 7) is 10.5. The number of morpholine rings is 1. The Bertz CT molecular complexity index is 587. The molecule has 1 aliphatic heterocycles. The van der Waals surface area contributed by atoms with E-state index in [1.165, 1.54) is 0 Å². The monoisotopic (exact) mass is 305 g/mol. The summed E-state index contributed by atoms with van der Waals surface area (Å²) in [4.78, 5) is 10.9. The molecular weight excluding hydrogens is 282 g/mol. The summed E-state index contributed by atoms with van der Waals surface area (Å²) >= 11 is 0. The molecule has 0 saturated carbocycles. The number of nitrogens with zero attached hydrogens (tertiary/aromatic N) is 6. The summed E-state index contributed by atoms with van der Waals surface area (Å²) in [7, 11) is 0. The Labute approximate surface area is 129 Å². The first kappa shape index (κ1) is 15.1. The van der Waals surface area contributed by atoms with E-state index < -0.39 is 0 Å². The van der Waals surface area contributed by atoms with Crippen LogP contribution in [0.15, 0.2) is 12.7 Å². The molecule has 0 unspecified atom stereocenters. The second kappa shape index (κ2) is 6.13. The van der Waals surface area contributed by atoms with Crippen molar-refractivity contribution in [3.05, 3.63) is 24.3 Å². The lowest BCUT2D eigenvalue weighted by Gasteiger charge is -2.31. The maximum absolute atomic E-state index is 5.85. The fraction of sp³-hybridized carbons (Fsp3) is 0.714. The van der Waals surface area contributed by atoms with Crippen LogP contribution >= 0.6 is 0 Å². The molecule has 3 rings (SSSR count). The molecule has 2 aromatic rings. The molecule has 1 fully saturated rings. The van der Waals surface area contributed by atoms with Crippen molar-refractivity contribution >= 4 is 0 Å². The third-order valence-electron chi connectivity index (χ3n) is 3.74. The second-order valence-electron chi connectivity index (χ2n) is 6.61. The van der Waals surface area contributed by atoms with Gasteiger partial charge in [-0.2, -0.15) is 10.2 Å². The van der Waals surface area contributed by atoms with Crippen molar-refractivity contribution in [3.8, 4) is 0 Å². The zero-order valence-electron chi connectivity index (χ0n) is 13.4. The van der Waals surface area contributed by atoms with Gasteiger partial charge in [-0.25, -0.2) is 9.97 Å². The fourth-order valence-corrected chi connectivity index (χ4v) is 2.42. The van der Waals surface area contributed by atoms with Crippen LogP contribution in [0.5, 0.6) is 0 Å². The molecule has 1 aliphatic rings. The summed E-state index contributed by atoms with van der Waals surface area (Å²) in [6, 6.07) is 0. The molecule has 0 radical (unpaired) electrons. The van der Waals surface area contributed by atoms with E-state index in [1.54, 1.807) is 12.7 Å². The number of aromatic amines is 1. The first-order valence-corrected chi connectivity index (χ1v) is 7.61. The zero-order chi connectivity index (χ0) is 15.6. The van der Waals surface area contributed by atoms with E-state index in [0.717, 1.165) is 37.8 Å². The molecule has 0 spiro atoms. The fourth-order valence-electron chi connectivity index (χ4n) is 2.42. The van der Waals surface area contributed by atoms with Crippen molar-refractivity contribution in [2.24, 2.45) is 0 Å². The van der Waals surface area contributed by atoms with Gasteiger partial charge in [-0.1, -0.05) is 20.8 Å². The smallest absolute Gasteiger partial charge is 0.156 e. The van der Waals surface area contributed by atoms with Crippen molar-refractivity contribution in [2.45, 2.75) is 38.8 Å². The normalized spacial score (nSPS) is 20.4. The van der Waals surface area contributed by atoms with E-state index >= 15 is 0 Å². The highest BCUT2D eigenvalue weighted by atomic mass is 16.5. The van der Waals surface area contributed by atoms with Crippen LogP contribution in [-0.4, -0.2) is 61.1 Å². The summed E-state index contributed by atoms with van der Waals surface area (Å²) in [5.74, 6) is 1.64. The molecule has 22 heavy (non-hydrogen) atoms. The Kier molecular flexibility index (Phi) is 4.21. The van der Waals surface area contributed by atoms with Crippen LogP contribution in [0.1, 0.15) is 38.5 Å². The molecule has 1 saturated heterocycles. The van der Waals surface area contributed by atoms with E-state index in [2.05, 4.69) is 50.9 Å². The highest BCUT2D eigenvalue weighted by molar-refractivity contribution is 5.04. The van der Waals surface area contributed by atoms with Crippen LogP contribution in [0.2, 0.25) is 0 Å². The summed E-state index contributed by atoms with van der Waals surface area (Å²) in [5.41, 5.74) is -0.0593. The lowest BCUT2D eigenvalue weighted by Crippen LogP contribution is -2.40. The van der Waals surface area contributed by atoms with Gasteiger partial charge in [-0.15, -0.1) is 0 Å². The zero-order valence-corrected chi connectivity index (χ0v) is 13.4. The maximum atomic E-state index is 5.85. The molecule has 8 nitrogen and oxygen atoms in total. The number of ether oxygens (including phenoxy) is 1. The summed E-state index contributed by atoms with van der Waals surface area (Å²) in [6.07, 6.45) is 3.25. The highest BCUT2D eigenvalue weighted by Crippen LogP contribution is 2.23. The Hall–Kier alpha value is -1.80. The van der Waals surface area contributed by atoms with Gasteiger partial charge in [0.05, 0.1) is 13.2 Å². The first-order valence-electron chi connectivity index (χ1n) is 7.61. The lowest BCUT2D eigenvalue weighted by atomic mass is 9.96. The van der Waals surface area contributed by atoms with Gasteiger partial charge in [0, 0.05) is 25.0 Å². The lowest BCUT2D eigenvalue weighted by molar-refractivity contribution is -0.0353. The standard InChI is InChI=1S/C14H23N7O/c1-14(2,3)13-17-12(18-19-13)11-8-20(6-7-22-11)4-5-21-10-15-9-16-21/h9-11H,4-8H2,1-3H3,(H,17,18,19)/t11-/m1/s1. The van der Waals surface area contributed by atoms with E-state index in [1.807, 2.05) is 4.68 Å². The molecule has 1 atom stereocenters. The van der Waals surface area contributed by atoms with Gasteiger partial charge in [-0.05, 0) is 0 Å². The molecule has 120 valence electrons. The minimum absolute atomic E-state index is 0.0481. The van der Waals surface area contributed by atoms with Gasteiger partial charge < -0.3 is 4.74 Å². The van der Waals surface area contributed by atoms with Crippen molar-refractivity contribution in [1.82, 2.24) is 34.8 Å². The molecule has 8 heteroatoms. The molecule has 0 bridgehead atoms. The van der Waals surface area contributed by atoms with Gasteiger partial charge in [0.15, 0.2) is 11.6 Å². The third kappa shape index (κ3) is 3.50. The first-order chi connectivity index (χ1) is 10.5. The van der Waals surface area contributed by atoms with E-state index in [0.29, 0.717) is 6.61 Å². The van der Waals surface area contributed by atoms with E-state index in [-0.39, 0.29) is 11.5 Å². The molecule has 2 aromatic heterocycles. The average Bonchev–Trinajstić information content (AvgIpc) is 3.16. The van der Waals surface area contributed by atoms with Gasteiger partial charge in [-0.3, -0.25) is 14.7 Å². The van der Waals surface area contributed by atoms with Crippen molar-refractivity contribution in [1.29, 1.82) is 0 Å². The van der Waals surface area contributed by atoms with Crippen molar-refractivity contribution in [2.75, 3.05) is 26.2 Å². The average molecular weight is 305 g/mol. The summed E-state index contributed by atoms with van der Waals surface area (Å²) < 4.78 is 7.69. The van der Waals surface area contributed by atoms with Gasteiger partial charge in [0.2, 0.25) is 0 Å². The predicted octanol–water partition coefficient (Wildman–Crippen LogP) is 0.767. The number of H-pyrrole nitrogens is 1. The number of nitrogens with one attached hydrogen (secondary N) is 1. The number of hydrogen-bond donors (Lipinski definition) is 1. The molecule has 0 aliphatic carbocycles. The van der Waals surface area contributed by atoms with Crippen LogP contribution in [0.25, 0.3) is 0 Å². The van der Waals surface area contributed by atoms with Gasteiger partial charge in [0.1, 0.15) is 18.8 Å². The van der Waals surface area contributed by atoms with Crippen LogP contribution in [0.3, 0.4) is 0 Å². The number of rotatable bonds is 4. The third-order valence-corrected chi connectivity index (χ3v) is 3.74. The van der Waals surface area contributed by atoms with E-state index in [4.69, 9.17) is 4.74 Å². The number of hydrogen-bond acceptors (Lipinski definition) is 6. The van der Waals surface area contributed by atoms with Crippen molar-refractivity contribution < 1.29 is 4.74 Å². The largest absolute Gasteiger partial charge is 0.368 e. The van der Waals surface area contributed by atoms with Crippen LogP contribution in [0, 0.1) is 0 Å². The Balaban J connectivity index is 1.59. The maximum Gasteiger partial charge on any atom is 0.156 e. The Morgan fingerprint density at radius 2 is 2.23 bits per heavy atom. The van der Waals surface area contributed by atoms with Gasteiger partial charge in [0.25, 0.3) is 0 Å². The topological polar surface area (TPSA) is 84.8 Å². The minimum atomic E-state index is -0.0593. The molecule has 1 N–H and O–H groups in total.